The number of hydrogen-bond acceptors (Lipinski definition) is 2. The van der Waals surface area contributed by atoms with Crippen LogP contribution < -0.4 is 16.0 Å². The van der Waals surface area contributed by atoms with Crippen molar-refractivity contribution in [2.75, 3.05) is 5.32 Å². The molecule has 0 radical (unpaired) electrons. The Bertz CT molecular complexity index is 547. The first-order chi connectivity index (χ1) is 10.1. The second kappa shape index (κ2) is 5.92. The van der Waals surface area contributed by atoms with E-state index in [0.717, 1.165) is 18.5 Å². The maximum absolute atomic E-state index is 12.3. The first-order valence-electron chi connectivity index (χ1n) is 8.00. The normalized spacial score (nSPS) is 20.5. The molecule has 0 unspecified atom stereocenters. The van der Waals surface area contributed by atoms with E-state index in [-0.39, 0.29) is 23.2 Å². The fraction of sp³-hybridized carbons (Fsp3) is 0.611. The van der Waals surface area contributed by atoms with Crippen LogP contribution in [0, 0.1) is 13.8 Å². The molecule has 0 aromatic heterocycles. The molecular weight excluding hydrogens is 274 g/mol. The molecule has 0 aliphatic carbocycles. The average molecular weight is 303 g/mol. The monoisotopic (exact) mass is 303 g/mol. The van der Waals surface area contributed by atoms with Crippen LogP contribution >= 0.6 is 0 Å². The molecule has 1 aromatic rings. The van der Waals surface area contributed by atoms with Crippen LogP contribution in [0.25, 0.3) is 0 Å². The first kappa shape index (κ1) is 16.8. The molecule has 4 nitrogen and oxygen atoms in total. The van der Waals surface area contributed by atoms with Crippen molar-refractivity contribution in [3.8, 4) is 0 Å². The number of nitrogens with one attached hydrogen (secondary N) is 3. The number of hydrogen-bond donors (Lipinski definition) is 3. The van der Waals surface area contributed by atoms with E-state index in [1.54, 1.807) is 0 Å². The Labute approximate surface area is 134 Å². The summed E-state index contributed by atoms with van der Waals surface area (Å²) in [5, 5.41) is 9.69. The van der Waals surface area contributed by atoms with E-state index in [2.05, 4.69) is 57.5 Å². The summed E-state index contributed by atoms with van der Waals surface area (Å²) in [7, 11) is 0. The molecule has 3 N–H and O–H groups in total. The zero-order valence-electron chi connectivity index (χ0n) is 14.6. The van der Waals surface area contributed by atoms with Gasteiger partial charge in [0.1, 0.15) is 0 Å². The molecular formula is C18H29N3O. The van der Waals surface area contributed by atoms with Crippen LogP contribution in [-0.4, -0.2) is 23.2 Å². The molecule has 4 heteroatoms. The molecule has 0 bridgehead atoms. The molecule has 2 amide bonds. The van der Waals surface area contributed by atoms with Crippen molar-refractivity contribution in [2.45, 2.75) is 71.5 Å². The molecule has 1 heterocycles. The third-order valence-electron chi connectivity index (χ3n) is 4.29. The Morgan fingerprint density at radius 1 is 1.09 bits per heavy atom. The van der Waals surface area contributed by atoms with E-state index >= 15 is 0 Å². The molecule has 1 aromatic carbocycles. The Morgan fingerprint density at radius 3 is 2.23 bits per heavy atom. The van der Waals surface area contributed by atoms with E-state index in [1.807, 2.05) is 18.2 Å². The lowest BCUT2D eigenvalue weighted by Gasteiger charge is -2.46. The molecule has 0 saturated carbocycles. The van der Waals surface area contributed by atoms with Gasteiger partial charge in [0.05, 0.1) is 0 Å². The average Bonchev–Trinajstić information content (AvgIpc) is 2.29. The smallest absolute Gasteiger partial charge is 0.319 e. The van der Waals surface area contributed by atoms with Crippen molar-refractivity contribution < 1.29 is 4.79 Å². The van der Waals surface area contributed by atoms with Crippen molar-refractivity contribution in [3.05, 3.63) is 29.3 Å². The molecule has 122 valence electrons. The van der Waals surface area contributed by atoms with Crippen molar-refractivity contribution in [3.63, 3.8) is 0 Å². The van der Waals surface area contributed by atoms with Crippen LogP contribution in [0.1, 0.15) is 51.7 Å². The topological polar surface area (TPSA) is 53.2 Å². The van der Waals surface area contributed by atoms with Gasteiger partial charge in [0.25, 0.3) is 0 Å². The van der Waals surface area contributed by atoms with Crippen LogP contribution in [-0.2, 0) is 0 Å². The van der Waals surface area contributed by atoms with Crippen LogP contribution in [0.2, 0.25) is 0 Å². The highest BCUT2D eigenvalue weighted by atomic mass is 16.2. The fourth-order valence-electron chi connectivity index (χ4n) is 3.60. The second-order valence-electron chi connectivity index (χ2n) is 7.90. The second-order valence-corrected chi connectivity index (χ2v) is 7.90. The molecule has 1 fully saturated rings. The van der Waals surface area contributed by atoms with Crippen LogP contribution in [0.4, 0.5) is 10.5 Å². The molecule has 0 spiro atoms. The summed E-state index contributed by atoms with van der Waals surface area (Å²) in [5.74, 6) is 0. The highest BCUT2D eigenvalue weighted by Crippen LogP contribution is 2.28. The summed E-state index contributed by atoms with van der Waals surface area (Å²) >= 11 is 0. The lowest BCUT2D eigenvalue weighted by molar-refractivity contribution is 0.149. The van der Waals surface area contributed by atoms with Gasteiger partial charge >= 0.3 is 6.03 Å². The van der Waals surface area contributed by atoms with Gasteiger partial charge in [0, 0.05) is 22.8 Å². The summed E-state index contributed by atoms with van der Waals surface area (Å²) in [6.45, 7) is 12.9. The SMILES string of the molecule is Cc1ccc(NC(=O)NC2CC(C)(C)NC(C)(C)C2)cc1C. The van der Waals surface area contributed by atoms with Gasteiger partial charge < -0.3 is 16.0 Å². The molecule has 1 aliphatic rings. The highest BCUT2D eigenvalue weighted by molar-refractivity contribution is 5.89. The lowest BCUT2D eigenvalue weighted by atomic mass is 9.80. The number of aryl methyl sites for hydroxylation is 2. The third kappa shape index (κ3) is 4.47. The maximum atomic E-state index is 12.3. The predicted octanol–water partition coefficient (Wildman–Crippen LogP) is 3.73. The molecule has 0 atom stereocenters. The minimum Gasteiger partial charge on any atom is -0.335 e. The van der Waals surface area contributed by atoms with E-state index in [4.69, 9.17) is 0 Å². The quantitative estimate of drug-likeness (QED) is 0.779. The summed E-state index contributed by atoms with van der Waals surface area (Å²) < 4.78 is 0. The van der Waals surface area contributed by atoms with Crippen molar-refractivity contribution >= 4 is 11.7 Å². The summed E-state index contributed by atoms with van der Waals surface area (Å²) in [5.41, 5.74) is 3.31. The number of urea groups is 1. The number of piperidine rings is 1. The van der Waals surface area contributed by atoms with E-state index < -0.39 is 0 Å². The number of carbonyl (C=O) groups excluding carboxylic acids is 1. The van der Waals surface area contributed by atoms with Gasteiger partial charge in [0.2, 0.25) is 0 Å². The Balaban J connectivity index is 1.98. The maximum Gasteiger partial charge on any atom is 0.319 e. The van der Waals surface area contributed by atoms with Gasteiger partial charge in [-0.2, -0.15) is 0 Å². The number of amides is 2. The van der Waals surface area contributed by atoms with Crippen LogP contribution in [0.3, 0.4) is 0 Å². The summed E-state index contributed by atoms with van der Waals surface area (Å²) in [6.07, 6.45) is 1.85. The molecule has 22 heavy (non-hydrogen) atoms. The number of carbonyl (C=O) groups is 1. The van der Waals surface area contributed by atoms with E-state index in [1.165, 1.54) is 11.1 Å². The molecule has 2 rings (SSSR count). The van der Waals surface area contributed by atoms with Gasteiger partial charge in [-0.15, -0.1) is 0 Å². The number of rotatable bonds is 2. The minimum atomic E-state index is -0.123. The summed E-state index contributed by atoms with van der Waals surface area (Å²) in [6, 6.07) is 6.03. The first-order valence-corrected chi connectivity index (χ1v) is 8.00. The van der Waals surface area contributed by atoms with Gasteiger partial charge in [-0.25, -0.2) is 4.79 Å². The van der Waals surface area contributed by atoms with Crippen LogP contribution in [0.15, 0.2) is 18.2 Å². The number of benzene rings is 1. The van der Waals surface area contributed by atoms with Crippen molar-refractivity contribution in [2.24, 2.45) is 0 Å². The van der Waals surface area contributed by atoms with Crippen LogP contribution in [0.5, 0.6) is 0 Å². The zero-order chi connectivity index (χ0) is 16.5. The molecule has 1 aliphatic heterocycles. The Hall–Kier alpha value is -1.55. The van der Waals surface area contributed by atoms with Crippen molar-refractivity contribution in [1.29, 1.82) is 0 Å². The lowest BCUT2D eigenvalue weighted by Crippen LogP contribution is -2.62. The molecule has 1 saturated heterocycles. The highest BCUT2D eigenvalue weighted by Gasteiger charge is 2.38. The Morgan fingerprint density at radius 2 is 1.68 bits per heavy atom. The van der Waals surface area contributed by atoms with E-state index in [9.17, 15) is 4.79 Å². The van der Waals surface area contributed by atoms with Gasteiger partial charge in [0.15, 0.2) is 0 Å². The standard InChI is InChI=1S/C18H29N3O/c1-12-7-8-14(9-13(12)2)19-16(22)20-15-10-17(3,4)21-18(5,6)11-15/h7-9,15,21H,10-11H2,1-6H3,(H2,19,20,22). The van der Waals surface area contributed by atoms with Crippen molar-refractivity contribution in [1.82, 2.24) is 10.6 Å². The third-order valence-corrected chi connectivity index (χ3v) is 4.29. The predicted molar refractivity (Wildman–Crippen MR) is 92.4 cm³/mol. The summed E-state index contributed by atoms with van der Waals surface area (Å²) in [4.78, 5) is 12.3. The largest absolute Gasteiger partial charge is 0.335 e. The van der Waals surface area contributed by atoms with Gasteiger partial charge in [-0.3, -0.25) is 0 Å². The zero-order valence-corrected chi connectivity index (χ0v) is 14.6. The van der Waals surface area contributed by atoms with Gasteiger partial charge in [-0.05, 0) is 77.6 Å². The van der Waals surface area contributed by atoms with Gasteiger partial charge in [-0.1, -0.05) is 6.07 Å². The number of anilines is 1. The Kier molecular flexibility index (Phi) is 4.52. The minimum absolute atomic E-state index is 0.0279. The fourth-order valence-corrected chi connectivity index (χ4v) is 3.60. The van der Waals surface area contributed by atoms with E-state index in [0.29, 0.717) is 0 Å².